The second-order valence-corrected chi connectivity index (χ2v) is 5.71. The summed E-state index contributed by atoms with van der Waals surface area (Å²) in [5.41, 5.74) is 5.37. The Labute approximate surface area is 119 Å². The molecule has 2 aromatic carbocycles. The number of ketones is 1. The molecule has 0 spiro atoms. The molecule has 0 amide bonds. The molecular weight excluding hydrogens is 246 g/mol. The number of piperidine rings is 1. The number of hydrogen-bond acceptors (Lipinski definition) is 2. The largest absolute Gasteiger partial charge is 0.363 e. The van der Waals surface area contributed by atoms with Gasteiger partial charge in [-0.2, -0.15) is 0 Å². The van der Waals surface area contributed by atoms with E-state index in [1.165, 1.54) is 22.4 Å². The third kappa shape index (κ3) is 1.75. The summed E-state index contributed by atoms with van der Waals surface area (Å²) in [7, 11) is 0. The number of rotatable bonds is 0. The molecule has 2 heterocycles. The van der Waals surface area contributed by atoms with Gasteiger partial charge >= 0.3 is 0 Å². The van der Waals surface area contributed by atoms with Crippen LogP contribution in [-0.2, 0) is 11.2 Å². The number of anilines is 1. The van der Waals surface area contributed by atoms with E-state index in [1.54, 1.807) is 0 Å². The minimum absolute atomic E-state index is 0.219. The second-order valence-electron chi connectivity index (χ2n) is 5.71. The summed E-state index contributed by atoms with van der Waals surface area (Å²) in [6.07, 6.45) is 2.28. The van der Waals surface area contributed by atoms with Crippen LogP contribution in [0.25, 0.3) is 0 Å². The molecule has 2 aromatic rings. The van der Waals surface area contributed by atoms with Crippen molar-refractivity contribution >= 4 is 11.5 Å². The molecule has 1 atom stereocenters. The summed E-state index contributed by atoms with van der Waals surface area (Å²) in [6, 6.07) is 17.4. The van der Waals surface area contributed by atoms with Crippen molar-refractivity contribution in [2.75, 3.05) is 11.4 Å². The summed E-state index contributed by atoms with van der Waals surface area (Å²) >= 11 is 0. The average molecular weight is 263 g/mol. The number of Topliss-reactive ketones (excluding diaryl/α,β-unsaturated/α-hetero) is 1. The first-order valence-corrected chi connectivity index (χ1v) is 7.27. The predicted molar refractivity (Wildman–Crippen MR) is 80.0 cm³/mol. The zero-order chi connectivity index (χ0) is 13.5. The summed E-state index contributed by atoms with van der Waals surface area (Å²) in [5.74, 6) is 0.389. The Hall–Kier alpha value is -2.09. The number of carbonyl (C=O) groups excluding carboxylic acids is 1. The first-order valence-electron chi connectivity index (χ1n) is 7.27. The monoisotopic (exact) mass is 263 g/mol. The van der Waals surface area contributed by atoms with Crippen molar-refractivity contribution in [3.05, 3.63) is 65.2 Å². The molecule has 0 aliphatic carbocycles. The lowest BCUT2D eigenvalue weighted by atomic mass is 9.91. The number of nitrogens with zero attached hydrogens (tertiary/aromatic N) is 1. The van der Waals surface area contributed by atoms with E-state index >= 15 is 0 Å². The molecule has 0 N–H and O–H groups in total. The summed E-state index contributed by atoms with van der Waals surface area (Å²) in [4.78, 5) is 14.4. The number of hydrogen-bond donors (Lipinski definition) is 0. The van der Waals surface area contributed by atoms with Gasteiger partial charge in [-0.1, -0.05) is 42.5 Å². The van der Waals surface area contributed by atoms with Crippen LogP contribution in [0.2, 0.25) is 0 Å². The zero-order valence-corrected chi connectivity index (χ0v) is 11.4. The Morgan fingerprint density at radius 1 is 0.950 bits per heavy atom. The van der Waals surface area contributed by atoms with Gasteiger partial charge in [-0.3, -0.25) is 4.79 Å². The van der Waals surface area contributed by atoms with Crippen molar-refractivity contribution in [1.82, 2.24) is 0 Å². The first-order chi connectivity index (χ1) is 9.83. The second kappa shape index (κ2) is 4.48. The van der Waals surface area contributed by atoms with E-state index in [4.69, 9.17) is 0 Å². The van der Waals surface area contributed by atoms with Gasteiger partial charge < -0.3 is 4.90 Å². The molecule has 0 saturated carbocycles. The van der Waals surface area contributed by atoms with E-state index in [9.17, 15) is 4.79 Å². The van der Waals surface area contributed by atoms with Crippen LogP contribution in [0.15, 0.2) is 48.5 Å². The maximum atomic E-state index is 11.9. The van der Waals surface area contributed by atoms with Gasteiger partial charge in [-0.25, -0.2) is 0 Å². The van der Waals surface area contributed by atoms with Gasteiger partial charge in [0.15, 0.2) is 0 Å². The molecule has 2 nitrogen and oxygen atoms in total. The van der Waals surface area contributed by atoms with Crippen LogP contribution < -0.4 is 4.90 Å². The van der Waals surface area contributed by atoms with E-state index in [0.717, 1.165) is 13.0 Å². The van der Waals surface area contributed by atoms with E-state index in [1.807, 2.05) is 0 Å². The van der Waals surface area contributed by atoms with Gasteiger partial charge in [0, 0.05) is 25.1 Å². The van der Waals surface area contributed by atoms with Crippen LogP contribution in [0.5, 0.6) is 0 Å². The molecule has 20 heavy (non-hydrogen) atoms. The van der Waals surface area contributed by atoms with Crippen LogP contribution in [0.3, 0.4) is 0 Å². The Bertz CT molecular complexity index is 677. The van der Waals surface area contributed by atoms with E-state index in [-0.39, 0.29) is 6.04 Å². The molecule has 1 saturated heterocycles. The third-order valence-electron chi connectivity index (χ3n) is 4.52. The predicted octanol–water partition coefficient (Wildman–Crippen LogP) is 3.50. The summed E-state index contributed by atoms with van der Waals surface area (Å²) in [6.45, 7) is 0.842. The Morgan fingerprint density at radius 3 is 2.60 bits per heavy atom. The van der Waals surface area contributed by atoms with Crippen LogP contribution >= 0.6 is 0 Å². The highest BCUT2D eigenvalue weighted by Gasteiger charge is 2.32. The van der Waals surface area contributed by atoms with E-state index in [2.05, 4.69) is 53.4 Å². The minimum Gasteiger partial charge on any atom is -0.363 e. The average Bonchev–Trinajstić information content (AvgIpc) is 2.61. The number of fused-ring (bicyclic) bond motifs is 5. The fourth-order valence-corrected chi connectivity index (χ4v) is 3.56. The van der Waals surface area contributed by atoms with Crippen molar-refractivity contribution in [1.29, 1.82) is 0 Å². The van der Waals surface area contributed by atoms with Gasteiger partial charge in [0.2, 0.25) is 0 Å². The highest BCUT2D eigenvalue weighted by molar-refractivity contribution is 5.82. The van der Waals surface area contributed by atoms with Gasteiger partial charge in [-0.05, 0) is 29.2 Å². The van der Waals surface area contributed by atoms with Crippen molar-refractivity contribution in [2.45, 2.75) is 25.3 Å². The number of benzene rings is 2. The van der Waals surface area contributed by atoms with Crippen LogP contribution in [0, 0.1) is 0 Å². The lowest BCUT2D eigenvalue weighted by molar-refractivity contribution is -0.120. The molecule has 0 aromatic heterocycles. The van der Waals surface area contributed by atoms with Gasteiger partial charge in [0.25, 0.3) is 0 Å². The van der Waals surface area contributed by atoms with Crippen molar-refractivity contribution < 1.29 is 4.79 Å². The highest BCUT2D eigenvalue weighted by Crippen LogP contribution is 2.40. The number of carbonyl (C=O) groups is 1. The molecule has 0 bridgehead atoms. The van der Waals surface area contributed by atoms with Gasteiger partial charge in [-0.15, -0.1) is 0 Å². The first kappa shape index (κ1) is 11.7. The van der Waals surface area contributed by atoms with Crippen LogP contribution in [0.1, 0.15) is 35.6 Å². The van der Waals surface area contributed by atoms with Gasteiger partial charge in [0.1, 0.15) is 5.78 Å². The molecule has 2 aliphatic heterocycles. The van der Waals surface area contributed by atoms with Crippen molar-refractivity contribution in [3.63, 3.8) is 0 Å². The minimum atomic E-state index is 0.219. The maximum Gasteiger partial charge on any atom is 0.137 e. The van der Waals surface area contributed by atoms with Gasteiger partial charge in [0.05, 0.1) is 6.04 Å². The van der Waals surface area contributed by atoms with Crippen LogP contribution in [-0.4, -0.2) is 12.3 Å². The lowest BCUT2D eigenvalue weighted by Gasteiger charge is -2.37. The van der Waals surface area contributed by atoms with Crippen molar-refractivity contribution in [2.24, 2.45) is 0 Å². The highest BCUT2D eigenvalue weighted by atomic mass is 16.1. The molecule has 100 valence electrons. The topological polar surface area (TPSA) is 20.3 Å². The van der Waals surface area contributed by atoms with Crippen LogP contribution in [0.4, 0.5) is 5.69 Å². The molecule has 0 radical (unpaired) electrons. The lowest BCUT2D eigenvalue weighted by Crippen LogP contribution is -2.37. The summed E-state index contributed by atoms with van der Waals surface area (Å²) in [5, 5.41) is 0. The molecular formula is C18H17NO. The maximum absolute atomic E-state index is 11.9. The quantitative estimate of drug-likeness (QED) is 0.725. The fourth-order valence-electron chi connectivity index (χ4n) is 3.56. The molecule has 4 rings (SSSR count). The molecule has 1 unspecified atom stereocenters. The smallest absolute Gasteiger partial charge is 0.137 e. The molecule has 2 aliphatic rings. The Balaban J connectivity index is 1.92. The van der Waals surface area contributed by atoms with E-state index < -0.39 is 0 Å². The Kier molecular flexibility index (Phi) is 2.62. The SMILES string of the molecule is O=C1CCN2c3ccccc3Cc3ccccc3C2C1. The Morgan fingerprint density at radius 2 is 1.70 bits per heavy atom. The number of para-hydroxylation sites is 1. The molecule has 1 fully saturated rings. The zero-order valence-electron chi connectivity index (χ0n) is 11.4. The fraction of sp³-hybridized carbons (Fsp3) is 0.278. The summed E-state index contributed by atoms with van der Waals surface area (Å²) < 4.78 is 0. The third-order valence-corrected chi connectivity index (χ3v) is 4.52. The molecule has 2 heteroatoms. The standard InChI is InChI=1S/C18H17NO/c20-15-9-10-19-17-8-4-2-6-14(17)11-13-5-1-3-7-16(13)18(19)12-15/h1-8,18H,9-12H2. The normalized spacial score (nSPS) is 20.7. The van der Waals surface area contributed by atoms with E-state index in [0.29, 0.717) is 18.6 Å². The van der Waals surface area contributed by atoms with Crippen molar-refractivity contribution in [3.8, 4) is 0 Å².